The standard InChI is InChI=1S/C15H14BrNO2/c1-10-4-2-3-5-13(10)17-14(15(18)19)11-6-8-12(16)9-7-11/h2-9,14,17H,1H3,(H,18,19). The summed E-state index contributed by atoms with van der Waals surface area (Å²) in [5.74, 6) is -0.898. The average molecular weight is 320 g/mol. The van der Waals surface area contributed by atoms with Crippen molar-refractivity contribution in [1.82, 2.24) is 0 Å². The number of rotatable bonds is 4. The lowest BCUT2D eigenvalue weighted by atomic mass is 10.1. The number of carbonyl (C=O) groups is 1. The predicted octanol–water partition coefficient (Wildman–Crippen LogP) is 4.00. The van der Waals surface area contributed by atoms with Crippen molar-refractivity contribution in [3.63, 3.8) is 0 Å². The molecule has 3 nitrogen and oxygen atoms in total. The summed E-state index contributed by atoms with van der Waals surface area (Å²) in [6.45, 7) is 1.95. The summed E-state index contributed by atoms with van der Waals surface area (Å²) in [4.78, 5) is 11.4. The summed E-state index contributed by atoms with van der Waals surface area (Å²) >= 11 is 3.34. The van der Waals surface area contributed by atoms with Crippen molar-refractivity contribution < 1.29 is 9.90 Å². The van der Waals surface area contributed by atoms with E-state index in [1.807, 2.05) is 43.3 Å². The topological polar surface area (TPSA) is 49.3 Å². The molecule has 0 amide bonds. The number of benzene rings is 2. The van der Waals surface area contributed by atoms with Gasteiger partial charge in [0.05, 0.1) is 0 Å². The number of nitrogens with one attached hydrogen (secondary N) is 1. The Morgan fingerprint density at radius 3 is 2.37 bits per heavy atom. The Hall–Kier alpha value is -1.81. The van der Waals surface area contributed by atoms with E-state index in [1.54, 1.807) is 12.1 Å². The number of para-hydroxylation sites is 1. The van der Waals surface area contributed by atoms with Gasteiger partial charge in [-0.3, -0.25) is 0 Å². The minimum atomic E-state index is -0.898. The van der Waals surface area contributed by atoms with Crippen molar-refractivity contribution in [2.45, 2.75) is 13.0 Å². The Bertz CT molecular complexity index is 581. The maximum atomic E-state index is 11.4. The SMILES string of the molecule is Cc1ccccc1NC(C(=O)O)c1ccc(Br)cc1. The lowest BCUT2D eigenvalue weighted by Gasteiger charge is -2.17. The number of carboxylic acid groups (broad SMARTS) is 1. The maximum Gasteiger partial charge on any atom is 0.330 e. The van der Waals surface area contributed by atoms with Crippen LogP contribution in [0.1, 0.15) is 17.2 Å². The number of carboxylic acids is 1. The van der Waals surface area contributed by atoms with Crippen molar-refractivity contribution in [2.75, 3.05) is 5.32 Å². The fourth-order valence-corrected chi connectivity index (χ4v) is 2.10. The highest BCUT2D eigenvalue weighted by atomic mass is 79.9. The van der Waals surface area contributed by atoms with E-state index in [9.17, 15) is 9.90 Å². The summed E-state index contributed by atoms with van der Waals surface area (Å²) in [6, 6.07) is 14.2. The van der Waals surface area contributed by atoms with Crippen molar-refractivity contribution in [1.29, 1.82) is 0 Å². The Kier molecular flexibility index (Phi) is 4.22. The lowest BCUT2D eigenvalue weighted by Crippen LogP contribution is -2.20. The first-order valence-corrected chi connectivity index (χ1v) is 6.67. The van der Waals surface area contributed by atoms with Crippen LogP contribution in [-0.4, -0.2) is 11.1 Å². The molecular weight excluding hydrogens is 306 g/mol. The van der Waals surface area contributed by atoms with Crippen LogP contribution >= 0.6 is 15.9 Å². The fourth-order valence-electron chi connectivity index (χ4n) is 1.83. The van der Waals surface area contributed by atoms with Crippen LogP contribution in [0.15, 0.2) is 53.0 Å². The van der Waals surface area contributed by atoms with Crippen LogP contribution in [0.3, 0.4) is 0 Å². The molecule has 0 spiro atoms. The van der Waals surface area contributed by atoms with Gasteiger partial charge in [0.15, 0.2) is 6.04 Å². The first kappa shape index (κ1) is 13.6. The van der Waals surface area contributed by atoms with Crippen LogP contribution in [0.25, 0.3) is 0 Å². The Labute approximate surface area is 120 Å². The second-order valence-electron chi connectivity index (χ2n) is 4.28. The Balaban J connectivity index is 2.29. The molecular formula is C15H14BrNO2. The van der Waals surface area contributed by atoms with Gasteiger partial charge in [-0.2, -0.15) is 0 Å². The van der Waals surface area contributed by atoms with E-state index in [1.165, 1.54) is 0 Å². The van der Waals surface area contributed by atoms with E-state index in [0.29, 0.717) is 0 Å². The van der Waals surface area contributed by atoms with Gasteiger partial charge in [0, 0.05) is 10.2 Å². The third-order valence-electron chi connectivity index (χ3n) is 2.90. The lowest BCUT2D eigenvalue weighted by molar-refractivity contribution is -0.138. The molecule has 0 saturated carbocycles. The molecule has 2 aromatic carbocycles. The molecule has 0 fully saturated rings. The van der Waals surface area contributed by atoms with Gasteiger partial charge in [-0.05, 0) is 36.2 Å². The summed E-state index contributed by atoms with van der Waals surface area (Å²) in [5, 5.41) is 12.4. The van der Waals surface area contributed by atoms with Crippen LogP contribution in [0.5, 0.6) is 0 Å². The molecule has 0 aromatic heterocycles. The number of anilines is 1. The van der Waals surface area contributed by atoms with Gasteiger partial charge < -0.3 is 10.4 Å². The number of hydrogen-bond donors (Lipinski definition) is 2. The van der Waals surface area contributed by atoms with Crippen LogP contribution < -0.4 is 5.32 Å². The average Bonchev–Trinajstić information content (AvgIpc) is 2.39. The molecule has 1 atom stereocenters. The minimum absolute atomic E-state index is 0.721. The molecule has 0 aliphatic carbocycles. The molecule has 0 radical (unpaired) electrons. The van der Waals surface area contributed by atoms with Gasteiger partial charge >= 0.3 is 5.97 Å². The highest BCUT2D eigenvalue weighted by molar-refractivity contribution is 9.10. The highest BCUT2D eigenvalue weighted by Gasteiger charge is 2.19. The zero-order valence-electron chi connectivity index (χ0n) is 10.4. The van der Waals surface area contributed by atoms with E-state index < -0.39 is 12.0 Å². The zero-order valence-corrected chi connectivity index (χ0v) is 12.0. The van der Waals surface area contributed by atoms with Gasteiger partial charge in [-0.1, -0.05) is 46.3 Å². The molecule has 1 unspecified atom stereocenters. The Morgan fingerprint density at radius 2 is 1.79 bits per heavy atom. The number of aliphatic carboxylic acids is 1. The quantitative estimate of drug-likeness (QED) is 0.895. The smallest absolute Gasteiger partial charge is 0.330 e. The summed E-state index contributed by atoms with van der Waals surface area (Å²) in [5.41, 5.74) is 2.57. The van der Waals surface area contributed by atoms with Crippen molar-refractivity contribution in [2.24, 2.45) is 0 Å². The van der Waals surface area contributed by atoms with Gasteiger partial charge in [0.25, 0.3) is 0 Å². The normalized spacial score (nSPS) is 11.9. The summed E-state index contributed by atoms with van der Waals surface area (Å²) in [7, 11) is 0. The summed E-state index contributed by atoms with van der Waals surface area (Å²) in [6.07, 6.45) is 0. The summed E-state index contributed by atoms with van der Waals surface area (Å²) < 4.78 is 0.927. The number of hydrogen-bond acceptors (Lipinski definition) is 2. The monoisotopic (exact) mass is 319 g/mol. The van der Waals surface area contributed by atoms with Crippen LogP contribution in [0.2, 0.25) is 0 Å². The molecule has 0 aliphatic heterocycles. The van der Waals surface area contributed by atoms with Gasteiger partial charge in [-0.25, -0.2) is 4.79 Å². The largest absolute Gasteiger partial charge is 0.479 e. The van der Waals surface area contributed by atoms with E-state index >= 15 is 0 Å². The second kappa shape index (κ2) is 5.89. The maximum absolute atomic E-state index is 11.4. The molecule has 0 aliphatic rings. The Morgan fingerprint density at radius 1 is 1.16 bits per heavy atom. The van der Waals surface area contributed by atoms with Crippen molar-refractivity contribution >= 4 is 27.6 Å². The first-order chi connectivity index (χ1) is 9.08. The molecule has 0 bridgehead atoms. The highest BCUT2D eigenvalue weighted by Crippen LogP contribution is 2.23. The van der Waals surface area contributed by atoms with E-state index in [0.717, 1.165) is 21.3 Å². The van der Waals surface area contributed by atoms with Gasteiger partial charge in [0.1, 0.15) is 0 Å². The predicted molar refractivity (Wildman–Crippen MR) is 79.3 cm³/mol. The van der Waals surface area contributed by atoms with E-state index in [2.05, 4.69) is 21.2 Å². The molecule has 2 rings (SSSR count). The molecule has 98 valence electrons. The minimum Gasteiger partial charge on any atom is -0.479 e. The second-order valence-corrected chi connectivity index (χ2v) is 5.20. The zero-order chi connectivity index (χ0) is 13.8. The van der Waals surface area contributed by atoms with Gasteiger partial charge in [-0.15, -0.1) is 0 Å². The first-order valence-electron chi connectivity index (χ1n) is 5.88. The molecule has 4 heteroatoms. The molecule has 2 aromatic rings. The molecule has 19 heavy (non-hydrogen) atoms. The number of aryl methyl sites for hydroxylation is 1. The van der Waals surface area contributed by atoms with Crippen LogP contribution in [0, 0.1) is 6.92 Å². The van der Waals surface area contributed by atoms with Crippen LogP contribution in [-0.2, 0) is 4.79 Å². The van der Waals surface area contributed by atoms with E-state index in [-0.39, 0.29) is 0 Å². The third kappa shape index (κ3) is 3.35. The van der Waals surface area contributed by atoms with Gasteiger partial charge in [0.2, 0.25) is 0 Å². The van der Waals surface area contributed by atoms with Crippen molar-refractivity contribution in [3.05, 3.63) is 64.1 Å². The molecule has 0 saturated heterocycles. The van der Waals surface area contributed by atoms with E-state index in [4.69, 9.17) is 0 Å². The fraction of sp³-hybridized carbons (Fsp3) is 0.133. The molecule has 2 N–H and O–H groups in total. The van der Waals surface area contributed by atoms with Crippen molar-refractivity contribution in [3.8, 4) is 0 Å². The number of halogens is 1. The molecule has 0 heterocycles. The third-order valence-corrected chi connectivity index (χ3v) is 3.42. The van der Waals surface area contributed by atoms with Crippen LogP contribution in [0.4, 0.5) is 5.69 Å².